The molecule has 0 atom stereocenters. The molecule has 0 saturated carbocycles. The zero-order chi connectivity index (χ0) is 21.0. The van der Waals surface area contributed by atoms with Gasteiger partial charge < -0.3 is 9.47 Å². The summed E-state index contributed by atoms with van der Waals surface area (Å²) in [5, 5.41) is 4.47. The lowest BCUT2D eigenvalue weighted by Crippen LogP contribution is -2.29. The van der Waals surface area contributed by atoms with Crippen LogP contribution in [-0.4, -0.2) is 35.9 Å². The van der Waals surface area contributed by atoms with Crippen molar-refractivity contribution in [2.24, 2.45) is 5.10 Å². The van der Waals surface area contributed by atoms with E-state index in [0.29, 0.717) is 31.8 Å². The first-order chi connectivity index (χ1) is 14.0. The number of thiophene rings is 1. The highest BCUT2D eigenvalue weighted by molar-refractivity contribution is 9.10. The van der Waals surface area contributed by atoms with E-state index in [0.717, 1.165) is 11.3 Å². The minimum absolute atomic E-state index is 0.175. The van der Waals surface area contributed by atoms with Gasteiger partial charge in [-0.05, 0) is 46.1 Å². The van der Waals surface area contributed by atoms with Crippen molar-refractivity contribution in [1.82, 2.24) is 15.0 Å². The van der Waals surface area contributed by atoms with E-state index < -0.39 is 5.91 Å². The van der Waals surface area contributed by atoms with E-state index in [1.54, 1.807) is 19.2 Å². The number of hydrogen-bond donors (Lipinski definition) is 1. The van der Waals surface area contributed by atoms with E-state index >= 15 is 0 Å². The van der Waals surface area contributed by atoms with Crippen LogP contribution in [0.5, 0.6) is 11.5 Å². The van der Waals surface area contributed by atoms with Crippen LogP contribution in [-0.2, 0) is 17.8 Å². The van der Waals surface area contributed by atoms with Crippen molar-refractivity contribution < 1.29 is 14.3 Å². The predicted molar refractivity (Wildman–Crippen MR) is 116 cm³/mol. The molecule has 10 heteroatoms. The molecule has 0 radical (unpaired) electrons. The molecule has 0 aliphatic carbocycles. The van der Waals surface area contributed by atoms with Gasteiger partial charge in [-0.3, -0.25) is 14.2 Å². The Bertz CT molecular complexity index is 1140. The van der Waals surface area contributed by atoms with Crippen LogP contribution in [0.25, 0.3) is 10.2 Å². The number of halogens is 1. The van der Waals surface area contributed by atoms with Crippen LogP contribution in [0.3, 0.4) is 0 Å². The number of benzene rings is 1. The largest absolute Gasteiger partial charge is 0.493 e. The number of hydrazone groups is 1. The van der Waals surface area contributed by atoms with Gasteiger partial charge in [0.05, 0.1) is 36.6 Å². The van der Waals surface area contributed by atoms with E-state index in [1.165, 1.54) is 35.6 Å². The lowest BCUT2D eigenvalue weighted by atomic mass is 10.2. The van der Waals surface area contributed by atoms with Crippen molar-refractivity contribution in [3.8, 4) is 11.5 Å². The maximum absolute atomic E-state index is 12.5. The summed E-state index contributed by atoms with van der Waals surface area (Å²) in [7, 11) is 3.08. The maximum atomic E-state index is 12.5. The van der Waals surface area contributed by atoms with E-state index in [4.69, 9.17) is 9.47 Å². The molecule has 0 aliphatic rings. The lowest BCUT2D eigenvalue weighted by Gasteiger charge is -2.10. The van der Waals surface area contributed by atoms with Gasteiger partial charge in [-0.1, -0.05) is 6.92 Å². The fraction of sp³-hybridized carbons (Fsp3) is 0.263. The van der Waals surface area contributed by atoms with Crippen molar-refractivity contribution in [3.05, 3.63) is 49.8 Å². The van der Waals surface area contributed by atoms with Gasteiger partial charge in [-0.15, -0.1) is 11.3 Å². The van der Waals surface area contributed by atoms with Crippen LogP contribution in [0, 0.1) is 0 Å². The topological polar surface area (TPSA) is 94.8 Å². The van der Waals surface area contributed by atoms with Gasteiger partial charge in [0.2, 0.25) is 0 Å². The number of nitrogens with one attached hydrogen (secondary N) is 1. The van der Waals surface area contributed by atoms with Gasteiger partial charge in [0.25, 0.3) is 11.5 Å². The Kier molecular flexibility index (Phi) is 6.65. The standard InChI is InChI=1S/C19H19BrN4O4S/c1-4-12-7-13-18(29-12)21-10-24(19(13)26)9-16(25)23-22-8-11-5-14(20)17(28-3)15(6-11)27-2/h5-8,10H,4,9H2,1-3H3,(H,23,25). The van der Waals surface area contributed by atoms with Gasteiger partial charge in [0, 0.05) is 4.88 Å². The molecular formula is C19H19BrN4O4S. The Morgan fingerprint density at radius 1 is 1.34 bits per heavy atom. The quantitative estimate of drug-likeness (QED) is 0.416. The molecule has 2 aromatic heterocycles. The molecule has 0 aliphatic heterocycles. The Balaban J connectivity index is 1.70. The number of carbonyl (C=O) groups is 1. The number of fused-ring (bicyclic) bond motifs is 1. The molecule has 2 heterocycles. The highest BCUT2D eigenvalue weighted by atomic mass is 79.9. The summed E-state index contributed by atoms with van der Waals surface area (Å²) in [6, 6.07) is 5.33. The second kappa shape index (κ2) is 9.19. The summed E-state index contributed by atoms with van der Waals surface area (Å²) in [4.78, 5) is 30.7. The van der Waals surface area contributed by atoms with E-state index in [9.17, 15) is 9.59 Å². The molecule has 0 saturated heterocycles. The molecule has 1 aromatic carbocycles. The monoisotopic (exact) mass is 478 g/mol. The third kappa shape index (κ3) is 4.65. The predicted octanol–water partition coefficient (Wildman–Crippen LogP) is 2.95. The summed E-state index contributed by atoms with van der Waals surface area (Å²) in [5.74, 6) is 0.661. The van der Waals surface area contributed by atoms with E-state index in [1.807, 2.05) is 13.0 Å². The molecule has 1 N–H and O–H groups in total. The number of methoxy groups -OCH3 is 2. The zero-order valence-electron chi connectivity index (χ0n) is 16.1. The summed E-state index contributed by atoms with van der Waals surface area (Å²) < 4.78 is 12.5. The minimum Gasteiger partial charge on any atom is -0.493 e. The lowest BCUT2D eigenvalue weighted by molar-refractivity contribution is -0.121. The van der Waals surface area contributed by atoms with Gasteiger partial charge in [-0.25, -0.2) is 10.4 Å². The minimum atomic E-state index is -0.435. The Hall–Kier alpha value is -2.72. The van der Waals surface area contributed by atoms with Crippen molar-refractivity contribution in [2.75, 3.05) is 14.2 Å². The summed E-state index contributed by atoms with van der Waals surface area (Å²) in [6.45, 7) is 1.84. The van der Waals surface area contributed by atoms with Gasteiger partial charge in [-0.2, -0.15) is 5.10 Å². The Morgan fingerprint density at radius 3 is 2.83 bits per heavy atom. The number of aromatic nitrogens is 2. The van der Waals surface area contributed by atoms with Crippen molar-refractivity contribution in [3.63, 3.8) is 0 Å². The number of amides is 1. The fourth-order valence-electron chi connectivity index (χ4n) is 2.68. The fourth-order valence-corrected chi connectivity index (χ4v) is 4.22. The maximum Gasteiger partial charge on any atom is 0.262 e. The molecule has 1 amide bonds. The molecule has 8 nitrogen and oxygen atoms in total. The molecule has 0 unspecified atom stereocenters. The van der Waals surface area contributed by atoms with Crippen LogP contribution < -0.4 is 20.5 Å². The van der Waals surface area contributed by atoms with Crippen LogP contribution in [0.4, 0.5) is 0 Å². The average Bonchev–Trinajstić information content (AvgIpc) is 3.14. The smallest absolute Gasteiger partial charge is 0.262 e. The zero-order valence-corrected chi connectivity index (χ0v) is 18.5. The van der Waals surface area contributed by atoms with Gasteiger partial charge >= 0.3 is 0 Å². The number of rotatable bonds is 7. The molecule has 0 bridgehead atoms. The first-order valence-corrected chi connectivity index (χ1v) is 10.3. The summed E-state index contributed by atoms with van der Waals surface area (Å²) in [6.07, 6.45) is 3.69. The van der Waals surface area contributed by atoms with E-state index in [-0.39, 0.29) is 12.1 Å². The number of aryl methyl sites for hydroxylation is 1. The second-order valence-corrected chi connectivity index (χ2v) is 7.96. The third-order valence-corrected chi connectivity index (χ3v) is 5.87. The molecule has 152 valence electrons. The molecule has 3 rings (SSSR count). The summed E-state index contributed by atoms with van der Waals surface area (Å²) >= 11 is 4.89. The highest BCUT2D eigenvalue weighted by Gasteiger charge is 2.11. The third-order valence-electron chi connectivity index (χ3n) is 4.09. The summed E-state index contributed by atoms with van der Waals surface area (Å²) in [5.41, 5.74) is 2.87. The first-order valence-electron chi connectivity index (χ1n) is 8.68. The van der Waals surface area contributed by atoms with Gasteiger partial charge in [0.15, 0.2) is 11.5 Å². The molecule has 29 heavy (non-hydrogen) atoms. The Labute approximate surface area is 179 Å². The van der Waals surface area contributed by atoms with Crippen LogP contribution >= 0.6 is 27.3 Å². The van der Waals surface area contributed by atoms with Crippen LogP contribution in [0.15, 0.2) is 38.9 Å². The van der Waals surface area contributed by atoms with Crippen molar-refractivity contribution >= 4 is 49.6 Å². The van der Waals surface area contributed by atoms with Crippen molar-refractivity contribution in [2.45, 2.75) is 19.9 Å². The highest BCUT2D eigenvalue weighted by Crippen LogP contribution is 2.35. The Morgan fingerprint density at radius 2 is 2.14 bits per heavy atom. The SMILES string of the molecule is CCc1cc2c(=O)n(CC(=O)NN=Cc3cc(Br)c(OC)c(OC)c3)cnc2s1. The molecule has 3 aromatic rings. The average molecular weight is 479 g/mol. The molecule has 0 spiro atoms. The number of ether oxygens (including phenoxy) is 2. The normalized spacial score (nSPS) is 11.2. The number of nitrogens with zero attached hydrogens (tertiary/aromatic N) is 3. The van der Waals surface area contributed by atoms with E-state index in [2.05, 4.69) is 31.4 Å². The number of carbonyl (C=O) groups excluding carboxylic acids is 1. The van der Waals surface area contributed by atoms with Gasteiger partial charge in [0.1, 0.15) is 11.4 Å². The van der Waals surface area contributed by atoms with Crippen molar-refractivity contribution in [1.29, 1.82) is 0 Å². The first kappa shape index (κ1) is 21.0. The molecule has 0 fully saturated rings. The van der Waals surface area contributed by atoms with Crippen LogP contribution in [0.1, 0.15) is 17.4 Å². The second-order valence-electron chi connectivity index (χ2n) is 5.99. The van der Waals surface area contributed by atoms with Crippen LogP contribution in [0.2, 0.25) is 0 Å². The number of hydrogen-bond acceptors (Lipinski definition) is 7. The molecular weight excluding hydrogens is 460 g/mol.